The van der Waals surface area contributed by atoms with E-state index in [0.29, 0.717) is 5.69 Å². The molecule has 0 aliphatic carbocycles. The average molecular weight is 452 g/mol. The van der Waals surface area contributed by atoms with Gasteiger partial charge in [-0.2, -0.15) is 0 Å². The predicted molar refractivity (Wildman–Crippen MR) is 131 cm³/mol. The van der Waals surface area contributed by atoms with Crippen molar-refractivity contribution in [1.29, 1.82) is 0 Å². The van der Waals surface area contributed by atoms with Crippen molar-refractivity contribution in [2.24, 2.45) is 0 Å². The molecule has 0 unspecified atom stereocenters. The zero-order valence-corrected chi connectivity index (χ0v) is 18.4. The molecule has 0 saturated carbocycles. The highest BCUT2D eigenvalue weighted by Gasteiger charge is 2.23. The quantitative estimate of drug-likeness (QED) is 0.302. The smallest absolute Gasteiger partial charge is 0.258 e. The van der Waals surface area contributed by atoms with E-state index in [1.807, 2.05) is 55.5 Å². The van der Waals surface area contributed by atoms with Crippen molar-refractivity contribution in [1.82, 2.24) is 15.0 Å². The lowest BCUT2D eigenvalue weighted by Crippen LogP contribution is -2.15. The van der Waals surface area contributed by atoms with Gasteiger partial charge in [0.05, 0.1) is 17.3 Å². The van der Waals surface area contributed by atoms with Crippen LogP contribution in [0.5, 0.6) is 0 Å². The van der Waals surface area contributed by atoms with Crippen LogP contribution in [-0.2, 0) is 0 Å². The number of hydrogen-bond acceptors (Lipinski definition) is 4. The molecule has 0 bridgehead atoms. The van der Waals surface area contributed by atoms with Crippen LogP contribution in [0.4, 0.5) is 15.9 Å². The highest BCUT2D eigenvalue weighted by molar-refractivity contribution is 6.05. The van der Waals surface area contributed by atoms with E-state index in [2.05, 4.69) is 25.6 Å². The van der Waals surface area contributed by atoms with Gasteiger partial charge in [0.2, 0.25) is 0 Å². The number of carbonyl (C=O) groups excluding carboxylic acids is 1. The Balaban J connectivity index is 1.56. The van der Waals surface area contributed by atoms with Crippen LogP contribution < -0.4 is 10.6 Å². The number of carbonyl (C=O) groups is 1. The number of pyridine rings is 2. The van der Waals surface area contributed by atoms with Gasteiger partial charge < -0.3 is 15.6 Å². The Morgan fingerprint density at radius 1 is 0.941 bits per heavy atom. The molecule has 0 spiro atoms. The average Bonchev–Trinajstić information content (AvgIpc) is 3.19. The zero-order valence-electron chi connectivity index (χ0n) is 18.4. The summed E-state index contributed by atoms with van der Waals surface area (Å²) in [6.07, 6.45) is 3.49. The van der Waals surface area contributed by atoms with Crippen molar-refractivity contribution >= 4 is 28.3 Å². The third kappa shape index (κ3) is 4.23. The third-order valence-electron chi connectivity index (χ3n) is 5.64. The minimum Gasteiger partial charge on any atom is -0.358 e. The van der Waals surface area contributed by atoms with E-state index in [4.69, 9.17) is 0 Å². The Labute approximate surface area is 195 Å². The van der Waals surface area contributed by atoms with Gasteiger partial charge in [0, 0.05) is 40.2 Å². The van der Waals surface area contributed by atoms with E-state index in [0.717, 1.165) is 33.7 Å². The summed E-state index contributed by atoms with van der Waals surface area (Å²) in [7, 11) is 0. The molecule has 5 rings (SSSR count). The number of aryl methyl sites for hydroxylation is 1. The summed E-state index contributed by atoms with van der Waals surface area (Å²) in [4.78, 5) is 25.1. The number of H-pyrrole nitrogens is 1. The number of rotatable bonds is 6. The van der Waals surface area contributed by atoms with Crippen LogP contribution in [0.2, 0.25) is 0 Å². The Hall–Kier alpha value is -4.52. The highest BCUT2D eigenvalue weighted by Crippen LogP contribution is 2.35. The van der Waals surface area contributed by atoms with Gasteiger partial charge in [-0.1, -0.05) is 24.3 Å². The summed E-state index contributed by atoms with van der Waals surface area (Å²) < 4.78 is 14.1. The molecule has 3 heterocycles. The van der Waals surface area contributed by atoms with Gasteiger partial charge in [0.25, 0.3) is 5.91 Å². The van der Waals surface area contributed by atoms with Crippen LogP contribution in [0, 0.1) is 12.7 Å². The number of aromatic amines is 1. The van der Waals surface area contributed by atoms with Crippen LogP contribution >= 0.6 is 0 Å². The fraction of sp³-hybridized carbons (Fsp3) is 0.0741. The molecule has 34 heavy (non-hydrogen) atoms. The molecule has 0 saturated heterocycles. The van der Waals surface area contributed by atoms with E-state index in [1.54, 1.807) is 30.6 Å². The standard InChI is InChI=1S/C27H22FN5O/c1-17-25(26(23-10-4-6-14-29-23)33-24-11-5-7-15-30-24)20-16-18(12-13-22(20)31-17)32-27(34)19-8-2-3-9-21(19)28/h2-16,26,31H,1H3,(H,30,33)(H,32,34)/t26-/m0/s1. The molecule has 6 nitrogen and oxygen atoms in total. The SMILES string of the molecule is Cc1[nH]c2ccc(NC(=O)c3ccccc3F)cc2c1[C@@H](Nc1ccccn1)c1ccccn1. The number of amides is 1. The summed E-state index contributed by atoms with van der Waals surface area (Å²) in [5, 5.41) is 7.23. The van der Waals surface area contributed by atoms with Gasteiger partial charge in [0.15, 0.2) is 0 Å². The number of anilines is 2. The molecule has 0 aliphatic heterocycles. The Morgan fingerprint density at radius 2 is 1.71 bits per heavy atom. The molecular weight excluding hydrogens is 429 g/mol. The second kappa shape index (κ2) is 9.15. The second-order valence-electron chi connectivity index (χ2n) is 7.90. The van der Waals surface area contributed by atoms with E-state index in [-0.39, 0.29) is 11.6 Å². The maximum Gasteiger partial charge on any atom is 0.258 e. The molecule has 3 aromatic heterocycles. The third-order valence-corrected chi connectivity index (χ3v) is 5.64. The van der Waals surface area contributed by atoms with Gasteiger partial charge in [-0.25, -0.2) is 9.37 Å². The number of nitrogens with zero attached hydrogens (tertiary/aromatic N) is 2. The number of aromatic nitrogens is 3. The first-order valence-corrected chi connectivity index (χ1v) is 10.9. The summed E-state index contributed by atoms with van der Waals surface area (Å²) in [5.41, 5.74) is 4.26. The number of hydrogen-bond donors (Lipinski definition) is 3. The molecule has 1 atom stereocenters. The number of benzene rings is 2. The van der Waals surface area contributed by atoms with Crippen LogP contribution in [0.25, 0.3) is 10.9 Å². The largest absolute Gasteiger partial charge is 0.358 e. The zero-order chi connectivity index (χ0) is 23.5. The summed E-state index contributed by atoms with van der Waals surface area (Å²) in [6.45, 7) is 2.00. The minimum atomic E-state index is -0.561. The van der Waals surface area contributed by atoms with Crippen LogP contribution in [0.15, 0.2) is 91.3 Å². The molecule has 168 valence electrons. The Morgan fingerprint density at radius 3 is 2.44 bits per heavy atom. The van der Waals surface area contributed by atoms with Crippen LogP contribution in [-0.4, -0.2) is 20.9 Å². The van der Waals surface area contributed by atoms with Gasteiger partial charge in [-0.15, -0.1) is 0 Å². The number of nitrogens with one attached hydrogen (secondary N) is 3. The Kier molecular flexibility index (Phi) is 5.74. The molecule has 2 aromatic carbocycles. The first-order chi connectivity index (χ1) is 16.6. The molecule has 7 heteroatoms. The first-order valence-electron chi connectivity index (χ1n) is 10.9. The first kappa shape index (κ1) is 21.3. The molecule has 1 amide bonds. The molecular formula is C27H22FN5O. The molecule has 5 aromatic rings. The van der Waals surface area contributed by atoms with E-state index >= 15 is 0 Å². The summed E-state index contributed by atoms with van der Waals surface area (Å²) in [5.74, 6) is -0.343. The minimum absolute atomic E-state index is 0.00347. The fourth-order valence-corrected chi connectivity index (χ4v) is 4.08. The van der Waals surface area contributed by atoms with Gasteiger partial charge in [0.1, 0.15) is 11.6 Å². The van der Waals surface area contributed by atoms with E-state index < -0.39 is 11.7 Å². The lowest BCUT2D eigenvalue weighted by atomic mass is 9.99. The lowest BCUT2D eigenvalue weighted by molar-refractivity contribution is 0.102. The maximum absolute atomic E-state index is 14.1. The lowest BCUT2D eigenvalue weighted by Gasteiger charge is -2.20. The molecule has 0 radical (unpaired) electrons. The molecule has 3 N–H and O–H groups in total. The monoisotopic (exact) mass is 451 g/mol. The second-order valence-corrected chi connectivity index (χ2v) is 7.90. The fourth-order valence-electron chi connectivity index (χ4n) is 4.08. The topological polar surface area (TPSA) is 82.7 Å². The van der Waals surface area contributed by atoms with Crippen molar-refractivity contribution in [3.63, 3.8) is 0 Å². The van der Waals surface area contributed by atoms with Crippen LogP contribution in [0.3, 0.4) is 0 Å². The molecule has 0 aliphatic rings. The van der Waals surface area contributed by atoms with Gasteiger partial charge in [-0.05, 0) is 61.5 Å². The highest BCUT2D eigenvalue weighted by atomic mass is 19.1. The summed E-state index contributed by atoms with van der Waals surface area (Å²) in [6, 6.07) is 22.7. The molecule has 0 fully saturated rings. The van der Waals surface area contributed by atoms with Crippen LogP contribution in [0.1, 0.15) is 33.4 Å². The Bertz CT molecular complexity index is 1450. The number of fused-ring (bicyclic) bond motifs is 1. The van der Waals surface area contributed by atoms with E-state index in [9.17, 15) is 9.18 Å². The summed E-state index contributed by atoms with van der Waals surface area (Å²) >= 11 is 0. The van der Waals surface area contributed by atoms with Gasteiger partial charge >= 0.3 is 0 Å². The van der Waals surface area contributed by atoms with E-state index in [1.165, 1.54) is 12.1 Å². The number of halogens is 1. The van der Waals surface area contributed by atoms with Gasteiger partial charge in [-0.3, -0.25) is 9.78 Å². The van der Waals surface area contributed by atoms with Crippen molar-refractivity contribution < 1.29 is 9.18 Å². The van der Waals surface area contributed by atoms with Crippen molar-refractivity contribution in [3.05, 3.63) is 120 Å². The normalized spacial score (nSPS) is 11.8. The van der Waals surface area contributed by atoms with Crippen molar-refractivity contribution in [2.75, 3.05) is 10.6 Å². The predicted octanol–water partition coefficient (Wildman–Crippen LogP) is 5.86. The van der Waals surface area contributed by atoms with Crippen molar-refractivity contribution in [3.8, 4) is 0 Å². The maximum atomic E-state index is 14.1. The van der Waals surface area contributed by atoms with Crippen molar-refractivity contribution in [2.45, 2.75) is 13.0 Å².